The van der Waals surface area contributed by atoms with Crippen molar-refractivity contribution in [1.29, 1.82) is 0 Å². The maximum absolute atomic E-state index is 12.3. The fourth-order valence-corrected chi connectivity index (χ4v) is 5.91. The van der Waals surface area contributed by atoms with Crippen molar-refractivity contribution >= 4 is 38.8 Å². The van der Waals surface area contributed by atoms with E-state index in [1.54, 1.807) is 24.9 Å². The number of furan rings is 1. The molecular formula is C37H46IrN3O4-. The summed E-state index contributed by atoms with van der Waals surface area (Å²) in [7, 11) is 3.49. The van der Waals surface area contributed by atoms with Crippen LogP contribution >= 0.6 is 0 Å². The fourth-order valence-electron chi connectivity index (χ4n) is 5.91. The molecule has 243 valence electrons. The monoisotopic (exact) mass is 789 g/mol. The third kappa shape index (κ3) is 7.18. The van der Waals surface area contributed by atoms with Crippen molar-refractivity contribution in [3.63, 3.8) is 0 Å². The third-order valence-electron chi connectivity index (χ3n) is 8.70. The van der Waals surface area contributed by atoms with Crippen LogP contribution in [-0.2, 0) is 44.4 Å². The van der Waals surface area contributed by atoms with Crippen molar-refractivity contribution < 1.29 is 34.4 Å². The number of pyridine rings is 1. The molecule has 45 heavy (non-hydrogen) atoms. The number of carbonyl (C=O) groups is 1. The van der Waals surface area contributed by atoms with E-state index in [4.69, 9.17) is 4.42 Å². The van der Waals surface area contributed by atoms with Gasteiger partial charge in [0.1, 0.15) is 11.1 Å². The summed E-state index contributed by atoms with van der Waals surface area (Å²) in [5.41, 5.74) is 4.75. The maximum Gasteiger partial charge on any atom is 0.331 e. The average molecular weight is 789 g/mol. The first-order valence-corrected chi connectivity index (χ1v) is 15.7. The number of hydrogen-bond acceptors (Lipinski definition) is 5. The van der Waals surface area contributed by atoms with Crippen LogP contribution in [0.2, 0.25) is 0 Å². The van der Waals surface area contributed by atoms with Crippen LogP contribution in [0.1, 0.15) is 79.7 Å². The Hall–Kier alpha value is -3.48. The second-order valence-corrected chi connectivity index (χ2v) is 12.6. The molecule has 5 rings (SSSR count). The summed E-state index contributed by atoms with van der Waals surface area (Å²) in [4.78, 5) is 28.7. The molecule has 2 aromatic carbocycles. The van der Waals surface area contributed by atoms with E-state index < -0.39 is 0 Å². The first-order valence-electron chi connectivity index (χ1n) is 15.7. The number of rotatable bonds is 8. The minimum atomic E-state index is -0.105. The number of aromatic nitrogens is 3. The van der Waals surface area contributed by atoms with Crippen molar-refractivity contribution in [1.82, 2.24) is 14.1 Å². The summed E-state index contributed by atoms with van der Waals surface area (Å²) in [5.74, 6) is 0.547. The van der Waals surface area contributed by atoms with Crippen LogP contribution < -0.4 is 5.69 Å². The van der Waals surface area contributed by atoms with Gasteiger partial charge in [0.05, 0.1) is 5.76 Å². The van der Waals surface area contributed by atoms with Gasteiger partial charge in [0.2, 0.25) is 5.71 Å². The molecule has 1 radical (unpaired) electrons. The zero-order chi connectivity index (χ0) is 32.3. The molecule has 0 aliphatic heterocycles. The van der Waals surface area contributed by atoms with Crippen LogP contribution in [0.4, 0.5) is 0 Å². The molecule has 0 aliphatic rings. The van der Waals surface area contributed by atoms with Gasteiger partial charge < -0.3 is 9.52 Å². The molecule has 0 amide bonds. The van der Waals surface area contributed by atoms with E-state index in [9.17, 15) is 14.7 Å². The van der Waals surface area contributed by atoms with Crippen molar-refractivity contribution in [3.8, 4) is 11.3 Å². The fraction of sp³-hybridized carbons (Fsp3) is 0.432. The summed E-state index contributed by atoms with van der Waals surface area (Å²) in [6.45, 7) is 14.7. The van der Waals surface area contributed by atoms with Gasteiger partial charge in [-0.05, 0) is 37.2 Å². The number of allylic oxidation sites excluding steroid dienone is 2. The Balaban J connectivity index is 0.000000297. The molecule has 0 saturated heterocycles. The predicted molar refractivity (Wildman–Crippen MR) is 180 cm³/mol. The molecule has 1 N–H and O–H groups in total. The van der Waals surface area contributed by atoms with E-state index in [0.717, 1.165) is 53.2 Å². The Morgan fingerprint density at radius 2 is 1.60 bits per heavy atom. The summed E-state index contributed by atoms with van der Waals surface area (Å²) in [5, 5.41) is 12.9. The van der Waals surface area contributed by atoms with Gasteiger partial charge in [-0.15, -0.1) is 29.1 Å². The summed E-state index contributed by atoms with van der Waals surface area (Å²) in [6, 6.07) is 15.9. The molecule has 5 aromatic rings. The maximum atomic E-state index is 12.3. The number of nitrogens with zero attached hydrogens (tertiary/aromatic N) is 3. The van der Waals surface area contributed by atoms with Crippen LogP contribution in [0.3, 0.4) is 0 Å². The second-order valence-electron chi connectivity index (χ2n) is 12.6. The van der Waals surface area contributed by atoms with E-state index in [2.05, 4.69) is 56.1 Å². The van der Waals surface area contributed by atoms with Gasteiger partial charge in [-0.3, -0.25) is 18.9 Å². The standard InChI is InChI=1S/C24H22N3O2.C13H24O2.Ir/c1-24(2,3)18-13-15(12-14-8-6-7-9-16(14)18)19-21-17(10-11-25-19)20-22(29-21)27(5)23(28)26(20)4;1-5-10(6-2)12(14)9-13(15)11(7-3)8-4;/h6-11,13H,1-5H3;9-11,14H,5-8H2,1-4H3;/q-1;;/b;12-9-;. The summed E-state index contributed by atoms with van der Waals surface area (Å²) < 4.78 is 9.32. The van der Waals surface area contributed by atoms with Gasteiger partial charge in [0, 0.05) is 69.4 Å². The topological polar surface area (TPSA) is 90.3 Å². The number of aliphatic hydroxyl groups excluding tert-OH is 1. The van der Waals surface area contributed by atoms with Crippen LogP contribution in [0.15, 0.2) is 63.6 Å². The Labute approximate surface area is 279 Å². The van der Waals surface area contributed by atoms with E-state index >= 15 is 0 Å². The Morgan fingerprint density at radius 1 is 0.978 bits per heavy atom. The minimum Gasteiger partial charge on any atom is -0.512 e. The zero-order valence-corrected chi connectivity index (χ0v) is 30.3. The number of hydrogen-bond donors (Lipinski definition) is 1. The molecule has 0 saturated carbocycles. The van der Waals surface area contributed by atoms with Gasteiger partial charge in [0.25, 0.3) is 0 Å². The largest absolute Gasteiger partial charge is 0.512 e. The van der Waals surface area contributed by atoms with Crippen molar-refractivity contribution in [2.24, 2.45) is 25.9 Å². The van der Waals surface area contributed by atoms with Crippen molar-refractivity contribution in [2.75, 3.05) is 0 Å². The third-order valence-corrected chi connectivity index (χ3v) is 8.70. The average Bonchev–Trinajstić information content (AvgIpc) is 3.49. The van der Waals surface area contributed by atoms with Crippen LogP contribution in [-0.4, -0.2) is 25.0 Å². The van der Waals surface area contributed by atoms with E-state index in [1.807, 2.05) is 39.8 Å². The minimum absolute atomic E-state index is 0. The SMILES string of the molecule is CCC(CC)C(=O)/C=C(\O)C(CC)CC.Cn1c(=O)n(C)c2c3ccnc(-c4[c-]c5ccccc5c(C(C)(C)C)c4)c3oc21.[Ir]. The molecule has 0 unspecified atom stereocenters. The van der Waals surface area contributed by atoms with E-state index in [0.29, 0.717) is 11.3 Å². The molecule has 7 nitrogen and oxygen atoms in total. The molecular weight excluding hydrogens is 743 g/mol. The molecule has 0 spiro atoms. The quantitative estimate of drug-likeness (QED) is 0.0965. The Morgan fingerprint density at radius 3 is 2.20 bits per heavy atom. The van der Waals surface area contributed by atoms with Crippen LogP contribution in [0.25, 0.3) is 44.2 Å². The number of imidazole rings is 1. The normalized spacial score (nSPS) is 12.2. The van der Waals surface area contributed by atoms with Gasteiger partial charge in [-0.25, -0.2) is 4.79 Å². The first-order chi connectivity index (χ1) is 20.9. The number of aryl methyl sites for hydroxylation is 2. The molecule has 0 aliphatic carbocycles. The Bertz CT molecular complexity index is 1880. The van der Waals surface area contributed by atoms with Gasteiger partial charge in [-0.2, -0.15) is 0 Å². The van der Waals surface area contributed by atoms with Gasteiger partial charge in [-0.1, -0.05) is 77.6 Å². The summed E-state index contributed by atoms with van der Waals surface area (Å²) >= 11 is 0. The molecule has 0 bridgehead atoms. The van der Waals surface area contributed by atoms with Gasteiger partial charge >= 0.3 is 5.69 Å². The van der Waals surface area contributed by atoms with Crippen LogP contribution in [0.5, 0.6) is 0 Å². The first kappa shape index (κ1) is 36.0. The van der Waals surface area contributed by atoms with Gasteiger partial charge in [0.15, 0.2) is 5.78 Å². The van der Waals surface area contributed by atoms with E-state index in [-0.39, 0.29) is 54.6 Å². The zero-order valence-electron chi connectivity index (χ0n) is 27.9. The van der Waals surface area contributed by atoms with Crippen molar-refractivity contribution in [2.45, 2.75) is 79.6 Å². The summed E-state index contributed by atoms with van der Waals surface area (Å²) in [6.07, 6.45) is 6.67. The van der Waals surface area contributed by atoms with Crippen molar-refractivity contribution in [3.05, 3.63) is 76.5 Å². The predicted octanol–water partition coefficient (Wildman–Crippen LogP) is 8.80. The smallest absolute Gasteiger partial charge is 0.331 e. The number of ketones is 1. The molecule has 3 heterocycles. The number of aliphatic hydroxyl groups is 1. The van der Waals surface area contributed by atoms with Crippen LogP contribution in [0, 0.1) is 17.9 Å². The Kier molecular flexibility index (Phi) is 11.8. The number of carbonyl (C=O) groups excluding carboxylic acids is 1. The number of fused-ring (bicyclic) bond motifs is 4. The number of benzene rings is 2. The molecule has 0 atom stereocenters. The van der Waals surface area contributed by atoms with E-state index in [1.165, 1.54) is 21.6 Å². The molecule has 8 heteroatoms. The molecule has 3 aromatic heterocycles. The molecule has 0 fully saturated rings. The second kappa shape index (κ2) is 14.7.